The average molecular weight is 348 g/mol. The molecule has 0 aromatic carbocycles. The van der Waals surface area contributed by atoms with E-state index >= 15 is 0 Å². The molecule has 0 fully saturated rings. The predicted molar refractivity (Wildman–Crippen MR) is 93.6 cm³/mol. The van der Waals surface area contributed by atoms with Gasteiger partial charge >= 0.3 is 11.9 Å². The Labute approximate surface area is 146 Å². The summed E-state index contributed by atoms with van der Waals surface area (Å²) < 4.78 is 10.0. The van der Waals surface area contributed by atoms with Crippen LogP contribution >= 0.6 is 0 Å². The lowest BCUT2D eigenvalue weighted by atomic mass is 10.2. The second-order valence-electron chi connectivity index (χ2n) is 5.51. The lowest BCUT2D eigenvalue weighted by Crippen LogP contribution is -2.07. The molecule has 0 aliphatic carbocycles. The Morgan fingerprint density at radius 1 is 0.667 bits per heavy atom. The zero-order valence-corrected chi connectivity index (χ0v) is 15.4. The molecule has 0 spiro atoms. The largest absolute Gasteiger partial charge is 0.466 e. The summed E-state index contributed by atoms with van der Waals surface area (Å²) in [6.07, 6.45) is 7.48. The Morgan fingerprint density at radius 2 is 1.04 bits per heavy atom. The first-order chi connectivity index (χ1) is 11.6. The number of carbonyl (C=O) groups is 2. The van der Waals surface area contributed by atoms with Gasteiger partial charge in [0, 0.05) is 26.1 Å². The van der Waals surface area contributed by atoms with Crippen LogP contribution in [-0.4, -0.2) is 48.6 Å². The molecule has 24 heavy (non-hydrogen) atoms. The van der Waals surface area contributed by atoms with Gasteiger partial charge in [0.05, 0.1) is 13.2 Å². The van der Waals surface area contributed by atoms with Gasteiger partial charge in [-0.2, -0.15) is 0 Å². The van der Waals surface area contributed by atoms with E-state index in [2.05, 4.69) is 13.8 Å². The molecule has 0 atom stereocenters. The highest BCUT2D eigenvalue weighted by molar-refractivity contribution is 5.70. The summed E-state index contributed by atoms with van der Waals surface area (Å²) in [5.74, 6) is -0.328. The van der Waals surface area contributed by atoms with E-state index in [4.69, 9.17) is 19.7 Å². The van der Waals surface area contributed by atoms with Crippen LogP contribution < -0.4 is 0 Å². The van der Waals surface area contributed by atoms with Gasteiger partial charge in [0.2, 0.25) is 0 Å². The molecule has 0 saturated carbocycles. The molecule has 2 N–H and O–H groups in total. The monoisotopic (exact) mass is 348 g/mol. The zero-order chi connectivity index (χ0) is 18.5. The SMILES string of the molecule is CCCCOC(=O)CCCCC(=O)OCCCC.OCCCCO. The molecule has 0 rings (SSSR count). The fraction of sp³-hybridized carbons (Fsp3) is 0.889. The topological polar surface area (TPSA) is 93.1 Å². The summed E-state index contributed by atoms with van der Waals surface area (Å²) in [4.78, 5) is 22.5. The molecule has 0 amide bonds. The van der Waals surface area contributed by atoms with E-state index in [1.165, 1.54) is 0 Å². The summed E-state index contributed by atoms with van der Waals surface area (Å²) in [6, 6.07) is 0. The van der Waals surface area contributed by atoms with E-state index in [1.807, 2.05) is 0 Å². The van der Waals surface area contributed by atoms with E-state index in [-0.39, 0.29) is 25.2 Å². The Bertz CT molecular complexity index is 253. The van der Waals surface area contributed by atoms with Crippen LogP contribution in [0.5, 0.6) is 0 Å². The molecular formula is C18H36O6. The van der Waals surface area contributed by atoms with Crippen LogP contribution in [0.25, 0.3) is 0 Å². The highest BCUT2D eigenvalue weighted by Gasteiger charge is 2.05. The summed E-state index contributed by atoms with van der Waals surface area (Å²) in [5.41, 5.74) is 0. The van der Waals surface area contributed by atoms with Crippen LogP contribution in [0.3, 0.4) is 0 Å². The third kappa shape index (κ3) is 23.1. The third-order valence-electron chi connectivity index (χ3n) is 3.10. The van der Waals surface area contributed by atoms with Crippen molar-refractivity contribution in [2.75, 3.05) is 26.4 Å². The minimum atomic E-state index is -0.164. The number of ether oxygens (including phenoxy) is 2. The van der Waals surface area contributed by atoms with Crippen molar-refractivity contribution in [3.05, 3.63) is 0 Å². The molecule has 0 bridgehead atoms. The number of rotatable bonds is 14. The highest BCUT2D eigenvalue weighted by Crippen LogP contribution is 2.04. The van der Waals surface area contributed by atoms with Crippen molar-refractivity contribution < 1.29 is 29.3 Å². The van der Waals surface area contributed by atoms with Crippen LogP contribution in [-0.2, 0) is 19.1 Å². The van der Waals surface area contributed by atoms with Crippen LogP contribution in [0.1, 0.15) is 78.1 Å². The van der Waals surface area contributed by atoms with Gasteiger partial charge in [-0.15, -0.1) is 0 Å². The van der Waals surface area contributed by atoms with Gasteiger partial charge in [-0.25, -0.2) is 0 Å². The van der Waals surface area contributed by atoms with Gasteiger partial charge in [-0.05, 0) is 38.5 Å². The van der Waals surface area contributed by atoms with Crippen LogP contribution in [0.15, 0.2) is 0 Å². The van der Waals surface area contributed by atoms with Crippen molar-refractivity contribution in [1.29, 1.82) is 0 Å². The Kier molecular flexibility index (Phi) is 22.9. The molecule has 6 heteroatoms. The van der Waals surface area contributed by atoms with E-state index in [0.717, 1.165) is 38.5 Å². The minimum absolute atomic E-state index is 0.164. The van der Waals surface area contributed by atoms with Gasteiger partial charge in [-0.3, -0.25) is 9.59 Å². The summed E-state index contributed by atoms with van der Waals surface area (Å²) >= 11 is 0. The maximum Gasteiger partial charge on any atom is 0.305 e. The molecule has 0 unspecified atom stereocenters. The van der Waals surface area contributed by atoms with E-state index in [1.54, 1.807) is 0 Å². The number of unbranched alkanes of at least 4 members (excludes halogenated alkanes) is 4. The minimum Gasteiger partial charge on any atom is -0.466 e. The Balaban J connectivity index is 0. The molecule has 144 valence electrons. The molecule has 0 radical (unpaired) electrons. The van der Waals surface area contributed by atoms with Crippen LogP contribution in [0.4, 0.5) is 0 Å². The molecule has 0 aliphatic rings. The zero-order valence-electron chi connectivity index (χ0n) is 15.4. The lowest BCUT2D eigenvalue weighted by Gasteiger charge is -2.04. The molecular weight excluding hydrogens is 312 g/mol. The van der Waals surface area contributed by atoms with E-state index < -0.39 is 0 Å². The number of esters is 2. The number of carbonyl (C=O) groups excluding carboxylic acids is 2. The molecule has 0 aliphatic heterocycles. The lowest BCUT2D eigenvalue weighted by molar-refractivity contribution is -0.146. The number of aliphatic hydroxyl groups excluding tert-OH is 2. The van der Waals surface area contributed by atoms with Gasteiger partial charge in [0.1, 0.15) is 0 Å². The van der Waals surface area contributed by atoms with Gasteiger partial charge < -0.3 is 19.7 Å². The van der Waals surface area contributed by atoms with Gasteiger partial charge in [-0.1, -0.05) is 26.7 Å². The predicted octanol–water partition coefficient (Wildman–Crippen LogP) is 2.98. The second-order valence-corrected chi connectivity index (χ2v) is 5.51. The molecule has 6 nitrogen and oxygen atoms in total. The van der Waals surface area contributed by atoms with Crippen molar-refractivity contribution in [2.45, 2.75) is 78.1 Å². The smallest absolute Gasteiger partial charge is 0.305 e. The van der Waals surface area contributed by atoms with Crippen molar-refractivity contribution in [3.8, 4) is 0 Å². The van der Waals surface area contributed by atoms with Crippen LogP contribution in [0.2, 0.25) is 0 Å². The van der Waals surface area contributed by atoms with Crippen molar-refractivity contribution >= 4 is 11.9 Å². The Morgan fingerprint density at radius 3 is 1.33 bits per heavy atom. The fourth-order valence-corrected chi connectivity index (χ4v) is 1.57. The second kappa shape index (κ2) is 21.9. The van der Waals surface area contributed by atoms with E-state index in [9.17, 15) is 9.59 Å². The number of hydrogen-bond acceptors (Lipinski definition) is 6. The van der Waals surface area contributed by atoms with Gasteiger partial charge in [0.25, 0.3) is 0 Å². The van der Waals surface area contributed by atoms with Crippen molar-refractivity contribution in [2.24, 2.45) is 0 Å². The standard InChI is InChI=1S/C14H26O4.C4H10O2/c1-3-5-11-17-13(15)9-7-8-10-14(16)18-12-6-4-2;5-3-1-2-4-6/h3-12H2,1-2H3;5-6H,1-4H2. The van der Waals surface area contributed by atoms with Crippen molar-refractivity contribution in [3.63, 3.8) is 0 Å². The maximum atomic E-state index is 11.2. The first kappa shape index (κ1) is 25.1. The van der Waals surface area contributed by atoms with Gasteiger partial charge in [0.15, 0.2) is 0 Å². The highest BCUT2D eigenvalue weighted by atomic mass is 16.5. The molecule has 0 aromatic rings. The van der Waals surface area contributed by atoms with Crippen LogP contribution in [0, 0.1) is 0 Å². The summed E-state index contributed by atoms with van der Waals surface area (Å²) in [5, 5.41) is 16.2. The normalized spacial score (nSPS) is 9.83. The quantitative estimate of drug-likeness (QED) is 0.370. The average Bonchev–Trinajstić information content (AvgIpc) is 2.58. The first-order valence-electron chi connectivity index (χ1n) is 9.15. The molecule has 0 heterocycles. The Hall–Kier alpha value is -1.14. The fourth-order valence-electron chi connectivity index (χ4n) is 1.57. The third-order valence-corrected chi connectivity index (χ3v) is 3.10. The van der Waals surface area contributed by atoms with E-state index in [0.29, 0.717) is 38.9 Å². The summed E-state index contributed by atoms with van der Waals surface area (Å²) in [7, 11) is 0. The number of aliphatic hydroxyl groups is 2. The molecule has 0 aromatic heterocycles. The maximum absolute atomic E-state index is 11.2. The van der Waals surface area contributed by atoms with Crippen molar-refractivity contribution in [1.82, 2.24) is 0 Å². The number of hydrogen-bond donors (Lipinski definition) is 2. The molecule has 0 saturated heterocycles. The first-order valence-corrected chi connectivity index (χ1v) is 9.15. The summed E-state index contributed by atoms with van der Waals surface area (Å²) in [6.45, 7) is 5.51.